The van der Waals surface area contributed by atoms with Gasteiger partial charge in [-0.1, -0.05) is 23.7 Å². The molecule has 1 aromatic carbocycles. The Morgan fingerprint density at radius 2 is 2.00 bits per heavy atom. The van der Waals surface area contributed by atoms with Crippen LogP contribution in [0.5, 0.6) is 0 Å². The molecule has 17 heavy (non-hydrogen) atoms. The van der Waals surface area contributed by atoms with E-state index in [4.69, 9.17) is 21.4 Å². The fourth-order valence-electron chi connectivity index (χ4n) is 1.53. The Bertz CT molecular complexity index is 303. The average Bonchev–Trinajstić information content (AvgIpc) is 2.34. The van der Waals surface area contributed by atoms with E-state index in [-0.39, 0.29) is 6.61 Å². The van der Waals surface area contributed by atoms with Gasteiger partial charge in [0.25, 0.3) is 0 Å². The van der Waals surface area contributed by atoms with Gasteiger partial charge in [0.1, 0.15) is 0 Å². The molecule has 1 atom stereocenters. The molecule has 0 spiro atoms. The Balaban J connectivity index is 2.16. The van der Waals surface area contributed by atoms with Crippen molar-refractivity contribution < 1.29 is 9.84 Å². The van der Waals surface area contributed by atoms with Crippen LogP contribution in [0.1, 0.15) is 24.9 Å². The van der Waals surface area contributed by atoms with Crippen LogP contribution in [0, 0.1) is 0 Å². The highest BCUT2D eigenvalue weighted by Crippen LogP contribution is 2.15. The maximum Gasteiger partial charge on any atom is 0.0697 e. The largest absolute Gasteiger partial charge is 0.394 e. The molecule has 0 aliphatic carbocycles. The number of benzene rings is 1. The lowest BCUT2D eigenvalue weighted by Gasteiger charge is -2.14. The summed E-state index contributed by atoms with van der Waals surface area (Å²) in [5.74, 6) is 0. The first kappa shape index (κ1) is 14.5. The van der Waals surface area contributed by atoms with E-state index in [0.717, 1.165) is 18.0 Å². The van der Waals surface area contributed by atoms with E-state index >= 15 is 0 Å². The van der Waals surface area contributed by atoms with E-state index in [1.807, 2.05) is 24.3 Å². The van der Waals surface area contributed by atoms with Crippen molar-refractivity contribution >= 4 is 11.6 Å². The van der Waals surface area contributed by atoms with Gasteiger partial charge in [-0.15, -0.1) is 0 Å². The summed E-state index contributed by atoms with van der Waals surface area (Å²) in [6, 6.07) is 8.17. The molecule has 0 aliphatic heterocycles. The van der Waals surface area contributed by atoms with Crippen molar-refractivity contribution in [1.29, 1.82) is 0 Å². The van der Waals surface area contributed by atoms with Crippen LogP contribution in [0.15, 0.2) is 24.3 Å². The molecule has 96 valence electrons. The summed E-state index contributed by atoms with van der Waals surface area (Å²) in [5, 5.41) is 12.7. The summed E-state index contributed by atoms with van der Waals surface area (Å²) in [7, 11) is 0. The van der Waals surface area contributed by atoms with Crippen molar-refractivity contribution in [2.24, 2.45) is 0 Å². The van der Waals surface area contributed by atoms with Crippen LogP contribution in [0.3, 0.4) is 0 Å². The van der Waals surface area contributed by atoms with Crippen LogP contribution in [-0.4, -0.2) is 31.5 Å². The Morgan fingerprint density at radius 1 is 1.29 bits per heavy atom. The van der Waals surface area contributed by atoms with Gasteiger partial charge in [-0.3, -0.25) is 0 Å². The molecule has 0 heterocycles. The summed E-state index contributed by atoms with van der Waals surface area (Å²) in [5.41, 5.74) is 1.23. The molecular weight excluding hydrogens is 238 g/mol. The summed E-state index contributed by atoms with van der Waals surface area (Å²) >= 11 is 5.83. The third kappa shape index (κ3) is 6.03. The summed E-state index contributed by atoms with van der Waals surface area (Å²) in [6.45, 7) is 4.22. The maximum absolute atomic E-state index is 8.53. The van der Waals surface area contributed by atoms with Gasteiger partial charge in [0, 0.05) is 17.7 Å². The molecule has 1 rings (SSSR count). The van der Waals surface area contributed by atoms with Gasteiger partial charge >= 0.3 is 0 Å². The molecular formula is C13H20ClNO2. The van der Waals surface area contributed by atoms with Crippen molar-refractivity contribution in [3.8, 4) is 0 Å². The van der Waals surface area contributed by atoms with Crippen LogP contribution in [-0.2, 0) is 4.74 Å². The number of aliphatic hydroxyl groups is 1. The Morgan fingerprint density at radius 3 is 2.65 bits per heavy atom. The van der Waals surface area contributed by atoms with E-state index in [1.54, 1.807) is 0 Å². The van der Waals surface area contributed by atoms with Crippen LogP contribution in [0.2, 0.25) is 5.02 Å². The molecule has 0 radical (unpaired) electrons. The molecule has 0 saturated heterocycles. The highest BCUT2D eigenvalue weighted by Gasteiger charge is 2.03. The van der Waals surface area contributed by atoms with E-state index in [9.17, 15) is 0 Å². The van der Waals surface area contributed by atoms with Gasteiger partial charge in [-0.25, -0.2) is 0 Å². The average molecular weight is 258 g/mol. The quantitative estimate of drug-likeness (QED) is 0.703. The fourth-order valence-corrected chi connectivity index (χ4v) is 1.65. The number of halogens is 1. The molecule has 1 unspecified atom stereocenters. The monoisotopic (exact) mass is 257 g/mol. The predicted molar refractivity (Wildman–Crippen MR) is 70.4 cm³/mol. The van der Waals surface area contributed by atoms with Crippen LogP contribution >= 0.6 is 11.6 Å². The summed E-state index contributed by atoms with van der Waals surface area (Å²) in [4.78, 5) is 0. The van der Waals surface area contributed by atoms with Crippen molar-refractivity contribution in [2.45, 2.75) is 19.4 Å². The standard InChI is InChI=1S/C13H20ClNO2/c1-11(12-3-5-13(14)6-4-12)15-7-2-9-17-10-8-16/h3-6,11,15-16H,2,7-10H2,1H3. The highest BCUT2D eigenvalue weighted by atomic mass is 35.5. The van der Waals surface area contributed by atoms with E-state index in [2.05, 4.69) is 12.2 Å². The molecule has 3 nitrogen and oxygen atoms in total. The molecule has 0 aromatic heterocycles. The Labute approximate surface area is 108 Å². The number of nitrogens with one attached hydrogen (secondary N) is 1. The zero-order chi connectivity index (χ0) is 12.5. The number of hydrogen-bond donors (Lipinski definition) is 2. The second kappa shape index (κ2) is 8.48. The van der Waals surface area contributed by atoms with Gasteiger partial charge in [-0.2, -0.15) is 0 Å². The number of aliphatic hydroxyl groups excluding tert-OH is 1. The molecule has 1 aromatic rings. The van der Waals surface area contributed by atoms with Gasteiger partial charge < -0.3 is 15.2 Å². The van der Waals surface area contributed by atoms with Crippen LogP contribution in [0.25, 0.3) is 0 Å². The molecule has 2 N–H and O–H groups in total. The van der Waals surface area contributed by atoms with E-state index < -0.39 is 0 Å². The van der Waals surface area contributed by atoms with Gasteiger partial charge in [0.05, 0.1) is 13.2 Å². The minimum atomic E-state index is 0.0919. The minimum Gasteiger partial charge on any atom is -0.394 e. The molecule has 0 amide bonds. The lowest BCUT2D eigenvalue weighted by atomic mass is 10.1. The third-order valence-electron chi connectivity index (χ3n) is 2.52. The van der Waals surface area contributed by atoms with Crippen molar-refractivity contribution in [3.05, 3.63) is 34.9 Å². The Hall–Kier alpha value is -0.610. The van der Waals surface area contributed by atoms with E-state index in [0.29, 0.717) is 19.3 Å². The summed E-state index contributed by atoms with van der Waals surface area (Å²) < 4.78 is 5.18. The zero-order valence-corrected chi connectivity index (χ0v) is 10.9. The number of ether oxygens (including phenoxy) is 1. The second-order valence-electron chi connectivity index (χ2n) is 3.92. The van der Waals surface area contributed by atoms with Crippen LogP contribution in [0.4, 0.5) is 0 Å². The van der Waals surface area contributed by atoms with Crippen molar-refractivity contribution in [1.82, 2.24) is 5.32 Å². The first-order valence-corrected chi connectivity index (χ1v) is 6.29. The second-order valence-corrected chi connectivity index (χ2v) is 4.35. The smallest absolute Gasteiger partial charge is 0.0697 e. The normalized spacial score (nSPS) is 12.6. The molecule has 0 bridgehead atoms. The molecule has 0 saturated carbocycles. The molecule has 0 aliphatic rings. The van der Waals surface area contributed by atoms with Gasteiger partial charge in [0.15, 0.2) is 0 Å². The maximum atomic E-state index is 8.53. The molecule has 0 fully saturated rings. The lowest BCUT2D eigenvalue weighted by molar-refractivity contribution is 0.0904. The van der Waals surface area contributed by atoms with E-state index in [1.165, 1.54) is 5.56 Å². The molecule has 4 heteroatoms. The topological polar surface area (TPSA) is 41.5 Å². The number of hydrogen-bond acceptors (Lipinski definition) is 3. The SMILES string of the molecule is CC(NCCCOCCO)c1ccc(Cl)cc1. The van der Waals surface area contributed by atoms with Crippen molar-refractivity contribution in [2.75, 3.05) is 26.4 Å². The first-order chi connectivity index (χ1) is 8.24. The fraction of sp³-hybridized carbons (Fsp3) is 0.538. The van der Waals surface area contributed by atoms with Gasteiger partial charge in [0.2, 0.25) is 0 Å². The lowest BCUT2D eigenvalue weighted by Crippen LogP contribution is -2.21. The van der Waals surface area contributed by atoms with Crippen molar-refractivity contribution in [3.63, 3.8) is 0 Å². The third-order valence-corrected chi connectivity index (χ3v) is 2.77. The van der Waals surface area contributed by atoms with Crippen LogP contribution < -0.4 is 5.32 Å². The first-order valence-electron chi connectivity index (χ1n) is 5.91. The zero-order valence-electron chi connectivity index (χ0n) is 10.2. The van der Waals surface area contributed by atoms with Gasteiger partial charge in [-0.05, 0) is 37.6 Å². The number of rotatable bonds is 8. The predicted octanol–water partition coefficient (Wildman–Crippen LogP) is 2.39. The minimum absolute atomic E-state index is 0.0919. The highest BCUT2D eigenvalue weighted by molar-refractivity contribution is 6.30. The Kier molecular flexibility index (Phi) is 7.21. The summed E-state index contributed by atoms with van der Waals surface area (Å²) in [6.07, 6.45) is 0.942.